The number of hydrogen-bond donors (Lipinski definition) is 0. The first-order valence-electron chi connectivity index (χ1n) is 12.6. The lowest BCUT2D eigenvalue weighted by Gasteiger charge is -2.47. The second-order valence-corrected chi connectivity index (χ2v) is 10.0. The SMILES string of the molecule is COCC(=O)O[C@@]1(CCN(C)CCc2ccc(OC)c(OC)c2)CCc2cc(F)ccc2[C@H]1C(C)C. The Morgan fingerprint density at radius 3 is 2.50 bits per heavy atom. The standard InChI is InChI=1S/C29H40FNO5/c1-20(2)28-24-9-8-23(30)18-22(24)11-13-29(28,36-27(32)19-33-4)14-16-31(3)15-12-21-7-10-25(34-5)26(17-21)35-6/h7-10,17-18,20,28H,11-16,19H2,1-6H3/t28-,29-/m1/s1. The molecule has 0 aromatic heterocycles. The van der Waals surface area contributed by atoms with Crippen LogP contribution in [0.4, 0.5) is 4.39 Å². The van der Waals surface area contributed by atoms with E-state index in [0.717, 1.165) is 42.0 Å². The summed E-state index contributed by atoms with van der Waals surface area (Å²) in [6, 6.07) is 11.0. The number of fused-ring (bicyclic) bond motifs is 1. The van der Waals surface area contributed by atoms with E-state index in [4.69, 9.17) is 18.9 Å². The van der Waals surface area contributed by atoms with E-state index in [1.165, 1.54) is 13.2 Å². The molecule has 36 heavy (non-hydrogen) atoms. The minimum absolute atomic E-state index is 0.0260. The van der Waals surface area contributed by atoms with Crippen LogP contribution in [0.15, 0.2) is 36.4 Å². The van der Waals surface area contributed by atoms with Gasteiger partial charge >= 0.3 is 5.97 Å². The lowest BCUT2D eigenvalue weighted by atomic mass is 9.65. The maximum Gasteiger partial charge on any atom is 0.332 e. The van der Waals surface area contributed by atoms with Gasteiger partial charge in [0.05, 0.1) is 14.2 Å². The summed E-state index contributed by atoms with van der Waals surface area (Å²) in [6.07, 6.45) is 2.87. The van der Waals surface area contributed by atoms with E-state index in [1.54, 1.807) is 20.3 Å². The number of carbonyl (C=O) groups is 1. The highest BCUT2D eigenvalue weighted by molar-refractivity contribution is 5.71. The van der Waals surface area contributed by atoms with Gasteiger partial charge in [0, 0.05) is 32.5 Å². The van der Waals surface area contributed by atoms with Crippen molar-refractivity contribution in [3.63, 3.8) is 0 Å². The van der Waals surface area contributed by atoms with Gasteiger partial charge in [-0.15, -0.1) is 0 Å². The van der Waals surface area contributed by atoms with Gasteiger partial charge in [-0.3, -0.25) is 0 Å². The van der Waals surface area contributed by atoms with Crippen LogP contribution < -0.4 is 9.47 Å². The van der Waals surface area contributed by atoms with Crippen molar-refractivity contribution in [2.45, 2.75) is 51.0 Å². The summed E-state index contributed by atoms with van der Waals surface area (Å²) in [5, 5.41) is 0. The maximum absolute atomic E-state index is 14.0. The summed E-state index contributed by atoms with van der Waals surface area (Å²) < 4.78 is 36.0. The van der Waals surface area contributed by atoms with E-state index in [1.807, 2.05) is 18.2 Å². The molecule has 1 aliphatic rings. The van der Waals surface area contributed by atoms with Crippen molar-refractivity contribution in [2.75, 3.05) is 48.1 Å². The van der Waals surface area contributed by atoms with Crippen LogP contribution in [0.25, 0.3) is 0 Å². The number of nitrogens with zero attached hydrogens (tertiary/aromatic N) is 1. The quantitative estimate of drug-likeness (QED) is 0.381. The number of esters is 1. The smallest absolute Gasteiger partial charge is 0.332 e. The number of halogens is 1. The molecule has 7 heteroatoms. The van der Waals surface area contributed by atoms with E-state index in [-0.39, 0.29) is 30.2 Å². The van der Waals surface area contributed by atoms with Crippen LogP contribution in [-0.4, -0.2) is 64.5 Å². The molecule has 0 radical (unpaired) electrons. The Hall–Kier alpha value is -2.64. The number of rotatable bonds is 12. The molecule has 0 heterocycles. The summed E-state index contributed by atoms with van der Waals surface area (Å²) >= 11 is 0. The van der Waals surface area contributed by atoms with Crippen molar-refractivity contribution in [3.8, 4) is 11.5 Å². The molecule has 3 rings (SSSR count). The molecule has 198 valence electrons. The minimum Gasteiger partial charge on any atom is -0.493 e. The topological polar surface area (TPSA) is 57.2 Å². The normalized spacial score (nSPS) is 19.3. The molecular formula is C29H40FNO5. The fourth-order valence-corrected chi connectivity index (χ4v) is 5.51. The number of ether oxygens (including phenoxy) is 4. The second-order valence-electron chi connectivity index (χ2n) is 10.0. The van der Waals surface area contributed by atoms with Crippen molar-refractivity contribution < 1.29 is 28.1 Å². The molecule has 0 unspecified atom stereocenters. The van der Waals surface area contributed by atoms with Gasteiger partial charge in [0.1, 0.15) is 18.0 Å². The first-order chi connectivity index (χ1) is 17.2. The molecule has 0 spiro atoms. The fourth-order valence-electron chi connectivity index (χ4n) is 5.51. The Balaban J connectivity index is 1.77. The van der Waals surface area contributed by atoms with Gasteiger partial charge in [0.2, 0.25) is 0 Å². The van der Waals surface area contributed by atoms with Crippen LogP contribution in [0.2, 0.25) is 0 Å². The third-order valence-corrected chi connectivity index (χ3v) is 7.22. The third-order valence-electron chi connectivity index (χ3n) is 7.22. The number of benzene rings is 2. The highest BCUT2D eigenvalue weighted by Gasteiger charge is 2.47. The number of hydrogen-bond acceptors (Lipinski definition) is 6. The van der Waals surface area contributed by atoms with Crippen LogP contribution >= 0.6 is 0 Å². The summed E-state index contributed by atoms with van der Waals surface area (Å²) in [7, 11) is 6.85. The minimum atomic E-state index is -0.674. The molecule has 0 saturated carbocycles. The van der Waals surface area contributed by atoms with Gasteiger partial charge in [-0.25, -0.2) is 9.18 Å². The summed E-state index contributed by atoms with van der Waals surface area (Å²) in [6.45, 7) is 5.79. The first-order valence-corrected chi connectivity index (χ1v) is 12.6. The largest absolute Gasteiger partial charge is 0.493 e. The Morgan fingerprint density at radius 1 is 1.08 bits per heavy atom. The molecule has 2 aromatic rings. The molecule has 2 aromatic carbocycles. The van der Waals surface area contributed by atoms with Gasteiger partial charge in [0.15, 0.2) is 11.5 Å². The van der Waals surface area contributed by atoms with Gasteiger partial charge in [0.25, 0.3) is 0 Å². The number of carbonyl (C=O) groups excluding carboxylic acids is 1. The van der Waals surface area contributed by atoms with Crippen LogP contribution in [0.3, 0.4) is 0 Å². The molecule has 0 bridgehead atoms. The highest BCUT2D eigenvalue weighted by atomic mass is 19.1. The average molecular weight is 502 g/mol. The fraction of sp³-hybridized carbons (Fsp3) is 0.552. The van der Waals surface area contributed by atoms with Gasteiger partial charge < -0.3 is 23.8 Å². The van der Waals surface area contributed by atoms with Crippen LogP contribution in [0, 0.1) is 11.7 Å². The summed E-state index contributed by atoms with van der Waals surface area (Å²) in [4.78, 5) is 14.9. The molecule has 1 aliphatic carbocycles. The Labute approximate surface area is 214 Å². The van der Waals surface area contributed by atoms with Gasteiger partial charge in [-0.05, 0) is 73.2 Å². The molecule has 6 nitrogen and oxygen atoms in total. The molecule has 2 atom stereocenters. The first kappa shape index (κ1) is 27.9. The summed E-state index contributed by atoms with van der Waals surface area (Å²) in [5.41, 5.74) is 2.57. The van der Waals surface area contributed by atoms with E-state index in [0.29, 0.717) is 25.0 Å². The van der Waals surface area contributed by atoms with E-state index in [9.17, 15) is 9.18 Å². The molecule has 0 N–H and O–H groups in total. The zero-order valence-electron chi connectivity index (χ0n) is 22.4. The van der Waals surface area contributed by atoms with Gasteiger partial charge in [-0.2, -0.15) is 0 Å². The Bertz CT molecular complexity index is 1030. The summed E-state index contributed by atoms with van der Waals surface area (Å²) in [5.74, 6) is 1.03. The number of aryl methyl sites for hydroxylation is 1. The van der Waals surface area contributed by atoms with Crippen LogP contribution in [-0.2, 0) is 27.1 Å². The average Bonchev–Trinajstić information content (AvgIpc) is 2.85. The predicted molar refractivity (Wildman–Crippen MR) is 138 cm³/mol. The second kappa shape index (κ2) is 12.5. The Kier molecular flexibility index (Phi) is 9.74. The number of methoxy groups -OCH3 is 3. The maximum atomic E-state index is 14.0. The van der Waals surface area contributed by atoms with Crippen molar-refractivity contribution in [2.24, 2.45) is 5.92 Å². The third kappa shape index (κ3) is 6.56. The van der Waals surface area contributed by atoms with Crippen molar-refractivity contribution >= 4 is 5.97 Å². The van der Waals surface area contributed by atoms with E-state index < -0.39 is 5.60 Å². The lowest BCUT2D eigenvalue weighted by molar-refractivity contribution is -0.172. The molecule has 0 amide bonds. The Morgan fingerprint density at radius 2 is 1.83 bits per heavy atom. The van der Waals surface area contributed by atoms with Crippen molar-refractivity contribution in [1.82, 2.24) is 4.90 Å². The monoisotopic (exact) mass is 501 g/mol. The van der Waals surface area contributed by atoms with Crippen molar-refractivity contribution in [1.29, 1.82) is 0 Å². The molecular weight excluding hydrogens is 461 g/mol. The van der Waals surface area contributed by atoms with E-state index >= 15 is 0 Å². The zero-order valence-corrected chi connectivity index (χ0v) is 22.4. The van der Waals surface area contributed by atoms with Crippen LogP contribution in [0.5, 0.6) is 11.5 Å². The number of likely N-dealkylation sites (N-methyl/N-ethyl adjacent to an activating group) is 1. The molecule has 0 saturated heterocycles. The highest BCUT2D eigenvalue weighted by Crippen LogP contribution is 2.48. The van der Waals surface area contributed by atoms with Crippen molar-refractivity contribution in [3.05, 3.63) is 58.9 Å². The zero-order chi connectivity index (χ0) is 26.3. The lowest BCUT2D eigenvalue weighted by Crippen LogP contribution is -2.49. The molecule has 0 fully saturated rings. The molecule has 0 aliphatic heterocycles. The van der Waals surface area contributed by atoms with Crippen LogP contribution in [0.1, 0.15) is 49.3 Å². The van der Waals surface area contributed by atoms with E-state index in [2.05, 4.69) is 31.9 Å². The predicted octanol–water partition coefficient (Wildman–Crippen LogP) is 5.02. The van der Waals surface area contributed by atoms with Gasteiger partial charge in [-0.1, -0.05) is 26.0 Å².